The Kier molecular flexibility index (Phi) is 4.74. The summed E-state index contributed by atoms with van der Waals surface area (Å²) in [7, 11) is 0. The van der Waals surface area contributed by atoms with Crippen molar-refractivity contribution in [3.05, 3.63) is 18.0 Å². The lowest BCUT2D eigenvalue weighted by atomic mass is 10.1. The molecule has 0 aliphatic carbocycles. The van der Waals surface area contributed by atoms with Crippen molar-refractivity contribution in [3.63, 3.8) is 0 Å². The fourth-order valence-electron chi connectivity index (χ4n) is 1.60. The normalized spacial score (nSPS) is 15.4. The standard InChI is InChI=1S/C14H25N3O2/c1-9(2)11-7-16-17(8-11)10(3)12(15)13(18)19-14(4,5)6/h7-10,12H,15H2,1-6H3. The molecule has 0 saturated heterocycles. The molecule has 1 aromatic heterocycles. The molecular weight excluding hydrogens is 242 g/mol. The predicted molar refractivity (Wildman–Crippen MR) is 74.8 cm³/mol. The fourth-order valence-corrected chi connectivity index (χ4v) is 1.60. The van der Waals surface area contributed by atoms with Crippen LogP contribution in [0.3, 0.4) is 0 Å². The summed E-state index contributed by atoms with van der Waals surface area (Å²) in [6, 6.07) is -0.957. The van der Waals surface area contributed by atoms with E-state index in [2.05, 4.69) is 18.9 Å². The van der Waals surface area contributed by atoms with E-state index in [1.807, 2.05) is 40.1 Å². The molecule has 0 fully saturated rings. The fraction of sp³-hybridized carbons (Fsp3) is 0.714. The molecule has 108 valence electrons. The van der Waals surface area contributed by atoms with E-state index in [0.29, 0.717) is 5.92 Å². The summed E-state index contributed by atoms with van der Waals surface area (Å²) in [5.74, 6) is 0.000276. The number of hydrogen-bond acceptors (Lipinski definition) is 4. The Labute approximate surface area is 115 Å². The van der Waals surface area contributed by atoms with E-state index in [4.69, 9.17) is 10.5 Å². The van der Waals surface area contributed by atoms with Gasteiger partial charge in [-0.15, -0.1) is 0 Å². The highest BCUT2D eigenvalue weighted by Gasteiger charge is 2.28. The summed E-state index contributed by atoms with van der Waals surface area (Å²) in [6.45, 7) is 11.5. The van der Waals surface area contributed by atoms with Crippen LogP contribution < -0.4 is 5.73 Å². The largest absolute Gasteiger partial charge is 0.459 e. The van der Waals surface area contributed by atoms with E-state index >= 15 is 0 Å². The highest BCUT2D eigenvalue weighted by Crippen LogP contribution is 2.18. The van der Waals surface area contributed by atoms with Crippen molar-refractivity contribution in [1.82, 2.24) is 9.78 Å². The molecule has 0 aromatic carbocycles. The van der Waals surface area contributed by atoms with Gasteiger partial charge in [0.1, 0.15) is 11.6 Å². The number of ether oxygens (including phenoxy) is 1. The molecule has 19 heavy (non-hydrogen) atoms. The zero-order chi connectivity index (χ0) is 14.8. The molecule has 0 bridgehead atoms. The van der Waals surface area contributed by atoms with Crippen LogP contribution in [-0.4, -0.2) is 27.4 Å². The highest BCUT2D eigenvalue weighted by molar-refractivity contribution is 5.76. The molecule has 2 unspecified atom stereocenters. The van der Waals surface area contributed by atoms with Crippen molar-refractivity contribution in [3.8, 4) is 0 Å². The smallest absolute Gasteiger partial charge is 0.325 e. The maximum atomic E-state index is 11.9. The summed E-state index contributed by atoms with van der Waals surface area (Å²) in [4.78, 5) is 11.9. The second-order valence-electron chi connectivity index (χ2n) is 6.21. The highest BCUT2D eigenvalue weighted by atomic mass is 16.6. The molecule has 2 N–H and O–H groups in total. The van der Waals surface area contributed by atoms with E-state index in [1.165, 1.54) is 0 Å². The Balaban J connectivity index is 2.75. The molecule has 0 aliphatic heterocycles. The first-order valence-electron chi connectivity index (χ1n) is 6.64. The number of aromatic nitrogens is 2. The summed E-state index contributed by atoms with van der Waals surface area (Å²) in [5, 5.41) is 4.27. The van der Waals surface area contributed by atoms with E-state index < -0.39 is 17.6 Å². The molecule has 0 radical (unpaired) electrons. The van der Waals surface area contributed by atoms with Crippen LogP contribution in [0.5, 0.6) is 0 Å². The van der Waals surface area contributed by atoms with Gasteiger partial charge < -0.3 is 10.5 Å². The van der Waals surface area contributed by atoms with E-state index in [-0.39, 0.29) is 6.04 Å². The van der Waals surface area contributed by atoms with Gasteiger partial charge >= 0.3 is 5.97 Å². The number of esters is 1. The maximum Gasteiger partial charge on any atom is 0.325 e. The van der Waals surface area contributed by atoms with Crippen molar-refractivity contribution in [2.75, 3.05) is 0 Å². The van der Waals surface area contributed by atoms with Gasteiger partial charge in [0, 0.05) is 6.20 Å². The Morgan fingerprint density at radius 2 is 1.95 bits per heavy atom. The van der Waals surface area contributed by atoms with Crippen LogP contribution in [0.4, 0.5) is 0 Å². The Hall–Kier alpha value is -1.36. The second-order valence-corrected chi connectivity index (χ2v) is 6.21. The minimum atomic E-state index is -0.723. The SMILES string of the molecule is CC(C)c1cnn(C(C)C(N)C(=O)OC(C)(C)C)c1. The van der Waals surface area contributed by atoms with Gasteiger partial charge in [0.2, 0.25) is 0 Å². The van der Waals surface area contributed by atoms with E-state index in [0.717, 1.165) is 5.56 Å². The molecule has 0 aliphatic rings. The number of carbonyl (C=O) groups excluding carboxylic acids is 1. The molecule has 1 aromatic rings. The summed E-state index contributed by atoms with van der Waals surface area (Å²) < 4.78 is 7.02. The zero-order valence-corrected chi connectivity index (χ0v) is 12.7. The van der Waals surface area contributed by atoms with Crippen LogP contribution in [0.2, 0.25) is 0 Å². The monoisotopic (exact) mass is 267 g/mol. The van der Waals surface area contributed by atoms with Gasteiger partial charge in [0.15, 0.2) is 0 Å². The molecular formula is C14H25N3O2. The van der Waals surface area contributed by atoms with Crippen LogP contribution in [0.1, 0.15) is 59.1 Å². The zero-order valence-electron chi connectivity index (χ0n) is 12.7. The summed E-state index contributed by atoms with van der Waals surface area (Å²) >= 11 is 0. The summed E-state index contributed by atoms with van der Waals surface area (Å²) in [6.07, 6.45) is 3.74. The third-order valence-electron chi connectivity index (χ3n) is 2.90. The van der Waals surface area contributed by atoms with Crippen LogP contribution in [0.15, 0.2) is 12.4 Å². The van der Waals surface area contributed by atoms with Gasteiger partial charge in [-0.1, -0.05) is 13.8 Å². The van der Waals surface area contributed by atoms with Crippen LogP contribution in [0, 0.1) is 0 Å². The molecule has 2 atom stereocenters. The lowest BCUT2D eigenvalue weighted by Gasteiger charge is -2.25. The van der Waals surface area contributed by atoms with E-state index in [1.54, 1.807) is 4.68 Å². The first-order chi connectivity index (χ1) is 8.61. The second kappa shape index (κ2) is 5.74. The van der Waals surface area contributed by atoms with E-state index in [9.17, 15) is 4.79 Å². The molecule has 5 heteroatoms. The molecule has 5 nitrogen and oxygen atoms in total. The van der Waals surface area contributed by atoms with Gasteiger partial charge in [-0.25, -0.2) is 0 Å². The first-order valence-corrected chi connectivity index (χ1v) is 6.64. The lowest BCUT2D eigenvalue weighted by Crippen LogP contribution is -2.42. The van der Waals surface area contributed by atoms with Crippen molar-refractivity contribution >= 4 is 5.97 Å². The Morgan fingerprint density at radius 1 is 1.37 bits per heavy atom. The van der Waals surface area contributed by atoms with Gasteiger partial charge in [-0.2, -0.15) is 5.10 Å². The summed E-state index contributed by atoms with van der Waals surface area (Å²) in [5.41, 5.74) is 6.55. The molecule has 0 amide bonds. The number of carbonyl (C=O) groups is 1. The molecule has 0 saturated carbocycles. The number of nitrogens with two attached hydrogens (primary N) is 1. The Bertz CT molecular complexity index is 432. The molecule has 1 rings (SSSR count). The van der Waals surface area contributed by atoms with Crippen LogP contribution >= 0.6 is 0 Å². The Morgan fingerprint density at radius 3 is 2.37 bits per heavy atom. The molecule has 1 heterocycles. The third kappa shape index (κ3) is 4.35. The number of rotatable bonds is 4. The number of nitrogens with zero attached hydrogens (tertiary/aromatic N) is 2. The van der Waals surface area contributed by atoms with Gasteiger partial charge in [0.05, 0.1) is 12.2 Å². The number of hydrogen-bond donors (Lipinski definition) is 1. The van der Waals surface area contributed by atoms with Crippen LogP contribution in [0.25, 0.3) is 0 Å². The predicted octanol–water partition coefficient (Wildman–Crippen LogP) is 2.24. The van der Waals surface area contributed by atoms with Crippen molar-refractivity contribution in [2.24, 2.45) is 5.73 Å². The third-order valence-corrected chi connectivity index (χ3v) is 2.90. The minimum Gasteiger partial charge on any atom is -0.459 e. The van der Waals surface area contributed by atoms with Crippen molar-refractivity contribution in [1.29, 1.82) is 0 Å². The van der Waals surface area contributed by atoms with Gasteiger partial charge in [-0.05, 0) is 39.2 Å². The minimum absolute atomic E-state index is 0.234. The lowest BCUT2D eigenvalue weighted by molar-refractivity contribution is -0.157. The average Bonchev–Trinajstić information content (AvgIpc) is 2.73. The van der Waals surface area contributed by atoms with Gasteiger partial charge in [0.25, 0.3) is 0 Å². The topological polar surface area (TPSA) is 70.1 Å². The van der Waals surface area contributed by atoms with Gasteiger partial charge in [-0.3, -0.25) is 9.48 Å². The quantitative estimate of drug-likeness (QED) is 0.849. The first kappa shape index (κ1) is 15.7. The van der Waals surface area contributed by atoms with Crippen LogP contribution in [-0.2, 0) is 9.53 Å². The molecule has 0 spiro atoms. The van der Waals surface area contributed by atoms with Crippen molar-refractivity contribution in [2.45, 2.75) is 65.1 Å². The maximum absolute atomic E-state index is 11.9. The average molecular weight is 267 g/mol. The van der Waals surface area contributed by atoms with Crippen molar-refractivity contribution < 1.29 is 9.53 Å².